The largest absolute Gasteiger partial charge is 0.481 e. The Labute approximate surface area is 87.5 Å². The Bertz CT molecular complexity index is 332. The normalized spacial score (nSPS) is 12.1. The Kier molecular flexibility index (Phi) is 3.91. The van der Waals surface area contributed by atoms with Crippen LogP contribution >= 0.6 is 0 Å². The minimum Gasteiger partial charge on any atom is -0.481 e. The van der Waals surface area contributed by atoms with Gasteiger partial charge in [-0.05, 0) is 25.5 Å². The lowest BCUT2D eigenvalue weighted by Gasteiger charge is -2.11. The molecule has 1 unspecified atom stereocenters. The molecule has 0 saturated carbocycles. The van der Waals surface area contributed by atoms with Crippen molar-refractivity contribution in [2.45, 2.75) is 25.8 Å². The maximum atomic E-state index is 11.5. The Morgan fingerprint density at radius 3 is 2.87 bits per heavy atom. The summed E-state index contributed by atoms with van der Waals surface area (Å²) in [6.45, 7) is 1.78. The van der Waals surface area contributed by atoms with Gasteiger partial charge >= 0.3 is 5.97 Å². The summed E-state index contributed by atoms with van der Waals surface area (Å²) in [5.74, 6) is -1.06. The van der Waals surface area contributed by atoms with Gasteiger partial charge in [-0.15, -0.1) is 0 Å². The zero-order valence-electron chi connectivity index (χ0n) is 8.49. The van der Waals surface area contributed by atoms with E-state index >= 15 is 0 Å². The van der Waals surface area contributed by atoms with Gasteiger partial charge in [-0.1, -0.05) is 0 Å². The molecular weight excluding hydrogens is 196 g/mol. The minimum atomic E-state index is -0.851. The average Bonchev–Trinajstić information content (AvgIpc) is 2.67. The van der Waals surface area contributed by atoms with E-state index in [-0.39, 0.29) is 18.4 Å². The lowest BCUT2D eigenvalue weighted by molar-refractivity contribution is -0.137. The number of rotatable bonds is 5. The summed E-state index contributed by atoms with van der Waals surface area (Å²) < 4.78 is 0. The smallest absolute Gasteiger partial charge is 0.303 e. The highest BCUT2D eigenvalue weighted by atomic mass is 16.4. The first-order valence-corrected chi connectivity index (χ1v) is 4.75. The van der Waals surface area contributed by atoms with E-state index in [9.17, 15) is 9.59 Å². The zero-order chi connectivity index (χ0) is 11.3. The molecule has 0 aliphatic carbocycles. The maximum Gasteiger partial charge on any atom is 0.303 e. The van der Waals surface area contributed by atoms with Crippen LogP contribution in [0.2, 0.25) is 0 Å². The average molecular weight is 210 g/mol. The lowest BCUT2D eigenvalue weighted by atomic mass is 10.2. The highest BCUT2D eigenvalue weighted by Gasteiger charge is 2.10. The summed E-state index contributed by atoms with van der Waals surface area (Å²) in [4.78, 5) is 24.5. The van der Waals surface area contributed by atoms with Crippen molar-refractivity contribution in [2.75, 3.05) is 0 Å². The van der Waals surface area contributed by atoms with E-state index in [0.717, 1.165) is 0 Å². The van der Waals surface area contributed by atoms with Crippen molar-refractivity contribution in [3.05, 3.63) is 24.0 Å². The molecule has 1 atom stereocenters. The van der Waals surface area contributed by atoms with E-state index in [1.165, 1.54) is 0 Å². The van der Waals surface area contributed by atoms with Crippen molar-refractivity contribution in [1.29, 1.82) is 0 Å². The number of hydrogen-bond donors (Lipinski definition) is 3. The van der Waals surface area contributed by atoms with E-state index in [1.807, 2.05) is 0 Å². The molecule has 5 nitrogen and oxygen atoms in total. The number of carbonyl (C=O) groups excluding carboxylic acids is 1. The molecule has 1 aromatic heterocycles. The molecule has 1 heterocycles. The third kappa shape index (κ3) is 3.84. The fourth-order valence-electron chi connectivity index (χ4n) is 1.19. The molecule has 0 spiro atoms. The van der Waals surface area contributed by atoms with Crippen molar-refractivity contribution >= 4 is 11.9 Å². The van der Waals surface area contributed by atoms with E-state index in [1.54, 1.807) is 25.3 Å². The standard InChI is InChI=1S/C10H14N2O3/c1-7(4-5-9(13)14)12-10(15)8-3-2-6-11-8/h2-3,6-7,11H,4-5H2,1H3,(H,12,15)(H,13,14). The monoisotopic (exact) mass is 210 g/mol. The third-order valence-electron chi connectivity index (χ3n) is 2.01. The van der Waals surface area contributed by atoms with Gasteiger partial charge in [0.2, 0.25) is 0 Å². The van der Waals surface area contributed by atoms with Crippen LogP contribution < -0.4 is 5.32 Å². The number of carbonyl (C=O) groups is 2. The van der Waals surface area contributed by atoms with Gasteiger partial charge in [-0.2, -0.15) is 0 Å². The van der Waals surface area contributed by atoms with Crippen molar-refractivity contribution in [3.63, 3.8) is 0 Å². The highest BCUT2D eigenvalue weighted by Crippen LogP contribution is 1.99. The second-order valence-electron chi connectivity index (χ2n) is 3.39. The molecule has 15 heavy (non-hydrogen) atoms. The number of aromatic amines is 1. The molecule has 0 aliphatic rings. The lowest BCUT2D eigenvalue weighted by Crippen LogP contribution is -2.33. The summed E-state index contributed by atoms with van der Waals surface area (Å²) in [6, 6.07) is 3.26. The summed E-state index contributed by atoms with van der Waals surface area (Å²) in [6.07, 6.45) is 2.16. The van der Waals surface area contributed by atoms with Gasteiger partial charge in [0.15, 0.2) is 0 Å². The summed E-state index contributed by atoms with van der Waals surface area (Å²) >= 11 is 0. The first-order valence-electron chi connectivity index (χ1n) is 4.75. The summed E-state index contributed by atoms with van der Waals surface area (Å²) in [7, 11) is 0. The first kappa shape index (κ1) is 11.3. The molecule has 0 fully saturated rings. The second-order valence-corrected chi connectivity index (χ2v) is 3.39. The second kappa shape index (κ2) is 5.19. The van der Waals surface area contributed by atoms with Crippen LogP contribution in [0.1, 0.15) is 30.3 Å². The van der Waals surface area contributed by atoms with E-state index in [0.29, 0.717) is 12.1 Å². The van der Waals surface area contributed by atoms with Gasteiger partial charge < -0.3 is 15.4 Å². The molecule has 1 aromatic rings. The highest BCUT2D eigenvalue weighted by molar-refractivity contribution is 5.92. The quantitative estimate of drug-likeness (QED) is 0.678. The number of aromatic nitrogens is 1. The zero-order valence-corrected chi connectivity index (χ0v) is 8.49. The Balaban J connectivity index is 2.35. The number of carboxylic acids is 1. The van der Waals surface area contributed by atoms with E-state index < -0.39 is 5.97 Å². The Morgan fingerprint density at radius 2 is 2.33 bits per heavy atom. The number of nitrogens with one attached hydrogen (secondary N) is 2. The molecule has 0 saturated heterocycles. The molecule has 3 N–H and O–H groups in total. The predicted molar refractivity (Wildman–Crippen MR) is 54.6 cm³/mol. The molecule has 0 aromatic carbocycles. The van der Waals surface area contributed by atoms with Crippen molar-refractivity contribution in [1.82, 2.24) is 10.3 Å². The van der Waals surface area contributed by atoms with Crippen molar-refractivity contribution in [3.8, 4) is 0 Å². The van der Waals surface area contributed by atoms with Crippen LogP contribution in [0.15, 0.2) is 18.3 Å². The topological polar surface area (TPSA) is 82.2 Å². The number of aliphatic carboxylic acids is 1. The van der Waals surface area contributed by atoms with Crippen LogP contribution in [-0.2, 0) is 4.79 Å². The van der Waals surface area contributed by atoms with Crippen molar-refractivity contribution in [2.24, 2.45) is 0 Å². The molecular formula is C10H14N2O3. The molecule has 5 heteroatoms. The predicted octanol–water partition coefficient (Wildman–Crippen LogP) is 0.998. The van der Waals surface area contributed by atoms with Crippen LogP contribution in [-0.4, -0.2) is 28.0 Å². The minimum absolute atomic E-state index is 0.0617. The van der Waals surface area contributed by atoms with Gasteiger partial charge in [0, 0.05) is 18.7 Å². The van der Waals surface area contributed by atoms with Crippen LogP contribution in [0.4, 0.5) is 0 Å². The van der Waals surface area contributed by atoms with Gasteiger partial charge in [0.25, 0.3) is 5.91 Å². The molecule has 82 valence electrons. The molecule has 1 rings (SSSR count). The number of hydrogen-bond acceptors (Lipinski definition) is 2. The van der Waals surface area contributed by atoms with Crippen LogP contribution in [0.25, 0.3) is 0 Å². The Hall–Kier alpha value is -1.78. The summed E-state index contributed by atoms with van der Waals surface area (Å²) in [5.41, 5.74) is 0.483. The van der Waals surface area contributed by atoms with Crippen LogP contribution in [0, 0.1) is 0 Å². The SMILES string of the molecule is CC(CCC(=O)O)NC(=O)c1ccc[nH]1. The van der Waals surface area contributed by atoms with Crippen molar-refractivity contribution < 1.29 is 14.7 Å². The fraction of sp³-hybridized carbons (Fsp3) is 0.400. The fourth-order valence-corrected chi connectivity index (χ4v) is 1.19. The Morgan fingerprint density at radius 1 is 1.60 bits per heavy atom. The number of H-pyrrole nitrogens is 1. The van der Waals surface area contributed by atoms with Gasteiger partial charge in [-0.3, -0.25) is 9.59 Å². The number of carboxylic acid groups (broad SMARTS) is 1. The van der Waals surface area contributed by atoms with Gasteiger partial charge in [-0.25, -0.2) is 0 Å². The van der Waals surface area contributed by atoms with Gasteiger partial charge in [0.1, 0.15) is 5.69 Å². The maximum absolute atomic E-state index is 11.5. The summed E-state index contributed by atoms with van der Waals surface area (Å²) in [5, 5.41) is 11.2. The van der Waals surface area contributed by atoms with Crippen LogP contribution in [0.5, 0.6) is 0 Å². The molecule has 0 radical (unpaired) electrons. The van der Waals surface area contributed by atoms with Gasteiger partial charge in [0.05, 0.1) is 0 Å². The molecule has 1 amide bonds. The van der Waals surface area contributed by atoms with E-state index in [2.05, 4.69) is 10.3 Å². The number of amides is 1. The first-order chi connectivity index (χ1) is 7.09. The van der Waals surface area contributed by atoms with E-state index in [4.69, 9.17) is 5.11 Å². The van der Waals surface area contributed by atoms with Crippen LogP contribution in [0.3, 0.4) is 0 Å². The third-order valence-corrected chi connectivity index (χ3v) is 2.01. The molecule has 0 bridgehead atoms. The molecule has 0 aliphatic heterocycles.